The first-order chi connectivity index (χ1) is 13.5. The zero-order chi connectivity index (χ0) is 19.8. The molecule has 3 aromatic heterocycles. The summed E-state index contributed by atoms with van der Waals surface area (Å²) in [7, 11) is 1.51. The first-order valence-corrected chi connectivity index (χ1v) is 8.61. The Hall–Kier alpha value is -3.92. The van der Waals surface area contributed by atoms with Gasteiger partial charge in [0, 0.05) is 35.1 Å². The molecule has 0 aliphatic rings. The zero-order valence-corrected chi connectivity index (χ0v) is 15.6. The Kier molecular flexibility index (Phi) is 4.17. The van der Waals surface area contributed by atoms with E-state index in [0.29, 0.717) is 22.2 Å². The average Bonchev–Trinajstić information content (AvgIpc) is 3.15. The Bertz CT molecular complexity index is 1240. The van der Waals surface area contributed by atoms with E-state index in [1.165, 1.54) is 7.11 Å². The quantitative estimate of drug-likeness (QED) is 0.566. The summed E-state index contributed by atoms with van der Waals surface area (Å²) in [5.41, 5.74) is 5.81. The molecule has 0 fully saturated rings. The van der Waals surface area contributed by atoms with Gasteiger partial charge in [0.2, 0.25) is 0 Å². The summed E-state index contributed by atoms with van der Waals surface area (Å²) in [6.07, 6.45) is 4.96. The summed E-state index contributed by atoms with van der Waals surface area (Å²) in [6, 6.07) is 7.94. The number of rotatable bonds is 3. The van der Waals surface area contributed by atoms with Crippen molar-refractivity contribution >= 4 is 11.0 Å². The predicted octanol–water partition coefficient (Wildman–Crippen LogP) is 3.89. The van der Waals surface area contributed by atoms with E-state index in [2.05, 4.69) is 26.0 Å². The lowest BCUT2D eigenvalue weighted by Gasteiger charge is -2.13. The number of aromatic amines is 1. The van der Waals surface area contributed by atoms with E-state index in [-0.39, 0.29) is 11.8 Å². The maximum atomic E-state index is 10.1. The number of hydrogen-bond acceptors (Lipinski definition) is 6. The van der Waals surface area contributed by atoms with Crippen molar-refractivity contribution in [3.63, 3.8) is 0 Å². The van der Waals surface area contributed by atoms with Gasteiger partial charge in [-0.15, -0.1) is 0 Å². The van der Waals surface area contributed by atoms with Crippen LogP contribution in [-0.4, -0.2) is 32.2 Å². The van der Waals surface area contributed by atoms with Crippen LogP contribution in [0.15, 0.2) is 36.8 Å². The van der Waals surface area contributed by atoms with Crippen LogP contribution in [-0.2, 0) is 0 Å². The molecule has 138 valence electrons. The molecule has 0 unspecified atom stereocenters. The van der Waals surface area contributed by atoms with Crippen molar-refractivity contribution in [1.82, 2.24) is 19.9 Å². The second-order valence-corrected chi connectivity index (χ2v) is 6.46. The summed E-state index contributed by atoms with van der Waals surface area (Å²) in [5.74, 6) is 0.190. The molecule has 28 heavy (non-hydrogen) atoms. The van der Waals surface area contributed by atoms with Gasteiger partial charge in [-0.2, -0.15) is 5.26 Å². The molecule has 0 saturated carbocycles. The first kappa shape index (κ1) is 17.5. The molecule has 0 atom stereocenters. The van der Waals surface area contributed by atoms with Crippen LogP contribution in [0, 0.1) is 25.2 Å². The summed E-state index contributed by atoms with van der Waals surface area (Å²) < 4.78 is 4.99. The zero-order valence-electron chi connectivity index (χ0n) is 15.6. The third kappa shape index (κ3) is 2.72. The lowest BCUT2D eigenvalue weighted by atomic mass is 9.92. The van der Waals surface area contributed by atoms with Crippen LogP contribution in [0.25, 0.3) is 33.4 Å². The predicted molar refractivity (Wildman–Crippen MR) is 105 cm³/mol. The molecule has 7 nitrogen and oxygen atoms in total. The highest BCUT2D eigenvalue weighted by Crippen LogP contribution is 2.37. The van der Waals surface area contributed by atoms with Crippen molar-refractivity contribution in [3.8, 4) is 40.2 Å². The second-order valence-electron chi connectivity index (χ2n) is 6.46. The summed E-state index contributed by atoms with van der Waals surface area (Å²) in [6.45, 7) is 3.78. The number of aromatic hydroxyl groups is 1. The van der Waals surface area contributed by atoms with Gasteiger partial charge in [-0.1, -0.05) is 6.07 Å². The van der Waals surface area contributed by atoms with E-state index >= 15 is 0 Å². The van der Waals surface area contributed by atoms with Gasteiger partial charge >= 0.3 is 6.01 Å². The van der Waals surface area contributed by atoms with Gasteiger partial charge in [0.1, 0.15) is 17.5 Å². The lowest BCUT2D eigenvalue weighted by Crippen LogP contribution is -1.94. The summed E-state index contributed by atoms with van der Waals surface area (Å²) in [4.78, 5) is 16.0. The number of aryl methyl sites for hydroxylation is 1. The number of nitrogens with zero attached hydrogens (tertiary/aromatic N) is 4. The number of benzene rings is 1. The normalized spacial score (nSPS) is 10.8. The van der Waals surface area contributed by atoms with Crippen LogP contribution >= 0.6 is 0 Å². The molecule has 0 amide bonds. The van der Waals surface area contributed by atoms with E-state index in [4.69, 9.17) is 4.74 Å². The maximum Gasteiger partial charge on any atom is 0.316 e. The Morgan fingerprint density at radius 3 is 2.54 bits per heavy atom. The molecule has 0 spiro atoms. The number of ether oxygens (including phenoxy) is 1. The first-order valence-electron chi connectivity index (χ1n) is 8.61. The number of hydrogen-bond donors (Lipinski definition) is 2. The fraction of sp³-hybridized carbons (Fsp3) is 0.143. The Morgan fingerprint density at radius 2 is 1.86 bits per heavy atom. The molecule has 1 aromatic carbocycles. The van der Waals surface area contributed by atoms with E-state index in [1.807, 2.05) is 26.0 Å². The number of nitriles is 1. The standard InChI is InChI=1S/C21H17N5O2/c1-11-4-5-18(27)12(2)19(11)16-10-23-20-14(15(16)7-22)6-17(26-20)13-8-24-21(28-3)25-9-13/h4-6,8-10,27H,1-3H3,(H,23,26). The molecule has 0 aliphatic carbocycles. The largest absolute Gasteiger partial charge is 0.508 e. The molecule has 2 N–H and O–H groups in total. The van der Waals surface area contributed by atoms with E-state index < -0.39 is 0 Å². The third-order valence-electron chi connectivity index (χ3n) is 4.81. The number of phenolic OH excluding ortho intramolecular Hbond substituents is 1. The third-order valence-corrected chi connectivity index (χ3v) is 4.81. The summed E-state index contributed by atoms with van der Waals surface area (Å²) >= 11 is 0. The molecule has 0 radical (unpaired) electrons. The molecular formula is C21H17N5O2. The van der Waals surface area contributed by atoms with E-state index in [1.54, 1.807) is 24.7 Å². The van der Waals surface area contributed by atoms with Gasteiger partial charge in [-0.3, -0.25) is 0 Å². The number of nitrogens with one attached hydrogen (secondary N) is 1. The summed E-state index contributed by atoms with van der Waals surface area (Å²) in [5, 5.41) is 20.7. The van der Waals surface area contributed by atoms with Crippen LogP contribution in [0.5, 0.6) is 11.8 Å². The number of pyridine rings is 1. The van der Waals surface area contributed by atoms with Crippen LogP contribution in [0.4, 0.5) is 0 Å². The Labute approximate surface area is 161 Å². The highest BCUT2D eigenvalue weighted by atomic mass is 16.5. The molecule has 7 heteroatoms. The van der Waals surface area contributed by atoms with Crippen LogP contribution in [0.2, 0.25) is 0 Å². The van der Waals surface area contributed by atoms with Crippen molar-refractivity contribution in [1.29, 1.82) is 5.26 Å². The molecular weight excluding hydrogens is 354 g/mol. The molecule has 4 aromatic rings. The molecule has 3 heterocycles. The average molecular weight is 371 g/mol. The van der Waals surface area contributed by atoms with Gasteiger partial charge in [0.25, 0.3) is 0 Å². The maximum absolute atomic E-state index is 10.1. The minimum atomic E-state index is 0.190. The van der Waals surface area contributed by atoms with Crippen molar-refractivity contribution < 1.29 is 9.84 Å². The lowest BCUT2D eigenvalue weighted by molar-refractivity contribution is 0.380. The van der Waals surface area contributed by atoms with Gasteiger partial charge in [-0.05, 0) is 42.7 Å². The number of phenols is 1. The SMILES string of the molecule is COc1ncc(-c2cc3c(C#N)c(-c4c(C)ccc(O)c4C)cnc3[nH]2)cn1. The topological polar surface area (TPSA) is 108 Å². The molecule has 4 rings (SSSR count). The highest BCUT2D eigenvalue weighted by molar-refractivity contribution is 5.94. The smallest absolute Gasteiger partial charge is 0.316 e. The number of fused-ring (bicyclic) bond motifs is 1. The Balaban J connectivity index is 1.92. The Morgan fingerprint density at radius 1 is 1.11 bits per heavy atom. The van der Waals surface area contributed by atoms with Crippen molar-refractivity contribution in [3.05, 3.63) is 53.5 Å². The van der Waals surface area contributed by atoms with Crippen LogP contribution in [0.1, 0.15) is 16.7 Å². The van der Waals surface area contributed by atoms with Crippen LogP contribution < -0.4 is 4.74 Å². The minimum absolute atomic E-state index is 0.190. The highest BCUT2D eigenvalue weighted by Gasteiger charge is 2.18. The van der Waals surface area contributed by atoms with E-state index in [0.717, 1.165) is 27.9 Å². The minimum Gasteiger partial charge on any atom is -0.508 e. The fourth-order valence-corrected chi connectivity index (χ4v) is 3.35. The van der Waals surface area contributed by atoms with Gasteiger partial charge in [0.05, 0.1) is 18.4 Å². The monoisotopic (exact) mass is 371 g/mol. The van der Waals surface area contributed by atoms with Crippen molar-refractivity contribution in [2.75, 3.05) is 7.11 Å². The van der Waals surface area contributed by atoms with Gasteiger partial charge < -0.3 is 14.8 Å². The van der Waals surface area contributed by atoms with Crippen molar-refractivity contribution in [2.24, 2.45) is 0 Å². The number of aromatic nitrogens is 4. The van der Waals surface area contributed by atoms with Gasteiger partial charge in [-0.25, -0.2) is 15.0 Å². The van der Waals surface area contributed by atoms with Gasteiger partial charge in [0.15, 0.2) is 0 Å². The fourth-order valence-electron chi connectivity index (χ4n) is 3.35. The van der Waals surface area contributed by atoms with E-state index in [9.17, 15) is 10.4 Å². The molecule has 0 aliphatic heterocycles. The second kappa shape index (κ2) is 6.67. The van der Waals surface area contributed by atoms with Crippen molar-refractivity contribution in [2.45, 2.75) is 13.8 Å². The molecule has 0 saturated heterocycles. The number of H-pyrrole nitrogens is 1. The molecule has 0 bridgehead atoms. The van der Waals surface area contributed by atoms with Crippen LogP contribution in [0.3, 0.4) is 0 Å². The number of methoxy groups -OCH3 is 1.